The Balaban J connectivity index is 1.19. The van der Waals surface area contributed by atoms with E-state index in [1.165, 1.54) is 0 Å². The van der Waals surface area contributed by atoms with E-state index >= 15 is 0 Å². The first-order valence-electron chi connectivity index (χ1n) is 14.9. The summed E-state index contributed by atoms with van der Waals surface area (Å²) in [4.78, 5) is 35.8. The number of amides is 2. The second-order valence-corrected chi connectivity index (χ2v) is 10.6. The summed E-state index contributed by atoms with van der Waals surface area (Å²) in [6.07, 6.45) is 4.20. The maximum Gasteiger partial charge on any atom is 0.256 e. The lowest BCUT2D eigenvalue weighted by Crippen LogP contribution is -2.30. The predicted molar refractivity (Wildman–Crippen MR) is 177 cm³/mol. The highest BCUT2D eigenvalue weighted by molar-refractivity contribution is 6.09. The average molecular weight is 593 g/mol. The van der Waals surface area contributed by atoms with Gasteiger partial charge in [-0.2, -0.15) is 0 Å². The van der Waals surface area contributed by atoms with Crippen LogP contribution >= 0.6 is 0 Å². The molecule has 6 aromatic rings. The summed E-state index contributed by atoms with van der Waals surface area (Å²) in [5.41, 5.74) is 5.67. The van der Waals surface area contributed by atoms with Crippen LogP contribution in [0.1, 0.15) is 51.4 Å². The fourth-order valence-corrected chi connectivity index (χ4v) is 5.14. The zero-order valence-electron chi connectivity index (χ0n) is 24.8. The number of benzene rings is 4. The molecule has 4 aromatic carbocycles. The largest absolute Gasteiger partial charge is 0.494 e. The SMILES string of the molecule is CCCOc1ccc(-c2ccccc2C(=O)Nc2ccc3cc(C(=O)NC(c4ccccc4)c4ccccn4)cnc3c2)cc1. The lowest BCUT2D eigenvalue weighted by Gasteiger charge is -2.19. The van der Waals surface area contributed by atoms with Crippen molar-refractivity contribution in [2.45, 2.75) is 19.4 Å². The van der Waals surface area contributed by atoms with Crippen LogP contribution in [0.5, 0.6) is 5.75 Å². The minimum Gasteiger partial charge on any atom is -0.494 e. The summed E-state index contributed by atoms with van der Waals surface area (Å²) < 4.78 is 5.70. The van der Waals surface area contributed by atoms with Crippen molar-refractivity contribution in [1.82, 2.24) is 15.3 Å². The monoisotopic (exact) mass is 592 g/mol. The first kappa shape index (κ1) is 29.3. The van der Waals surface area contributed by atoms with E-state index in [4.69, 9.17) is 4.74 Å². The van der Waals surface area contributed by atoms with Crippen LogP contribution in [0.4, 0.5) is 5.69 Å². The quantitative estimate of drug-likeness (QED) is 0.169. The smallest absolute Gasteiger partial charge is 0.256 e. The van der Waals surface area contributed by atoms with Gasteiger partial charge in [-0.1, -0.05) is 79.7 Å². The topological polar surface area (TPSA) is 93.2 Å². The van der Waals surface area contributed by atoms with Crippen molar-refractivity contribution >= 4 is 28.4 Å². The van der Waals surface area contributed by atoms with E-state index in [2.05, 4.69) is 27.5 Å². The molecule has 1 unspecified atom stereocenters. The Morgan fingerprint density at radius 1 is 0.778 bits per heavy atom. The molecule has 2 aromatic heterocycles. The van der Waals surface area contributed by atoms with Gasteiger partial charge in [-0.3, -0.25) is 19.6 Å². The summed E-state index contributed by atoms with van der Waals surface area (Å²) in [7, 11) is 0. The molecule has 0 spiro atoms. The van der Waals surface area contributed by atoms with Crippen LogP contribution in [0, 0.1) is 0 Å². The summed E-state index contributed by atoms with van der Waals surface area (Å²) >= 11 is 0. The highest BCUT2D eigenvalue weighted by Crippen LogP contribution is 2.28. The molecule has 2 amide bonds. The Morgan fingerprint density at radius 3 is 2.33 bits per heavy atom. The molecule has 7 heteroatoms. The number of nitrogens with zero attached hydrogens (tertiary/aromatic N) is 2. The van der Waals surface area contributed by atoms with Gasteiger partial charge in [0.05, 0.1) is 29.4 Å². The number of fused-ring (bicyclic) bond motifs is 1. The van der Waals surface area contributed by atoms with E-state index in [9.17, 15) is 9.59 Å². The Labute approximate surface area is 262 Å². The van der Waals surface area contributed by atoms with Crippen LogP contribution in [0.3, 0.4) is 0 Å². The summed E-state index contributed by atoms with van der Waals surface area (Å²) in [6.45, 7) is 2.73. The van der Waals surface area contributed by atoms with Gasteiger partial charge in [0, 0.05) is 29.0 Å². The number of rotatable bonds is 10. The fourth-order valence-electron chi connectivity index (χ4n) is 5.14. The summed E-state index contributed by atoms with van der Waals surface area (Å²) in [5, 5.41) is 6.90. The van der Waals surface area contributed by atoms with Crippen molar-refractivity contribution in [2.75, 3.05) is 11.9 Å². The Hall–Kier alpha value is -5.82. The molecule has 2 N–H and O–H groups in total. The van der Waals surface area contributed by atoms with Gasteiger partial charge in [0.1, 0.15) is 5.75 Å². The van der Waals surface area contributed by atoms with Gasteiger partial charge in [-0.25, -0.2) is 0 Å². The molecule has 7 nitrogen and oxygen atoms in total. The summed E-state index contributed by atoms with van der Waals surface area (Å²) in [5.74, 6) is 0.313. The van der Waals surface area contributed by atoms with Crippen molar-refractivity contribution in [2.24, 2.45) is 0 Å². The number of ether oxygens (including phenoxy) is 1. The number of hydrogen-bond acceptors (Lipinski definition) is 5. The van der Waals surface area contributed by atoms with Gasteiger partial charge in [0.2, 0.25) is 0 Å². The average Bonchev–Trinajstić information content (AvgIpc) is 3.10. The molecule has 0 radical (unpaired) electrons. The first-order chi connectivity index (χ1) is 22.1. The van der Waals surface area contributed by atoms with Gasteiger partial charge in [-0.15, -0.1) is 0 Å². The molecular formula is C38H32N4O3. The standard InChI is InChI=1S/C38H32N4O3/c1-2-22-45-31-19-16-26(17-20-31)32-12-6-7-13-33(32)38(44)41-30-18-15-28-23-29(25-40-35(28)24-30)37(43)42-36(27-10-4-3-5-11-27)34-14-8-9-21-39-34/h3-21,23-25,36H,2,22H2,1H3,(H,41,44)(H,42,43). The molecule has 2 heterocycles. The van der Waals surface area contributed by atoms with Crippen LogP contribution in [-0.4, -0.2) is 28.4 Å². The molecule has 0 aliphatic rings. The third-order valence-corrected chi connectivity index (χ3v) is 7.41. The maximum absolute atomic E-state index is 13.4. The zero-order chi connectivity index (χ0) is 31.0. The number of nitrogens with one attached hydrogen (secondary N) is 2. The third kappa shape index (κ3) is 6.89. The van der Waals surface area contributed by atoms with Gasteiger partial charge >= 0.3 is 0 Å². The highest BCUT2D eigenvalue weighted by Gasteiger charge is 2.20. The molecule has 0 saturated heterocycles. The number of aromatic nitrogens is 2. The van der Waals surface area contributed by atoms with E-state index in [-0.39, 0.29) is 11.8 Å². The second kappa shape index (κ2) is 13.7. The number of pyridine rings is 2. The van der Waals surface area contributed by atoms with E-state index in [1.54, 1.807) is 24.5 Å². The molecule has 1 atom stereocenters. The van der Waals surface area contributed by atoms with Gasteiger partial charge in [0.25, 0.3) is 11.8 Å². The number of anilines is 1. The lowest BCUT2D eigenvalue weighted by molar-refractivity contribution is 0.0941. The zero-order valence-corrected chi connectivity index (χ0v) is 24.8. The van der Waals surface area contributed by atoms with E-state index in [0.29, 0.717) is 28.9 Å². The van der Waals surface area contributed by atoms with Crippen molar-refractivity contribution in [1.29, 1.82) is 0 Å². The number of hydrogen-bond donors (Lipinski definition) is 2. The number of carbonyl (C=O) groups is 2. The highest BCUT2D eigenvalue weighted by atomic mass is 16.5. The first-order valence-corrected chi connectivity index (χ1v) is 14.9. The fraction of sp³-hybridized carbons (Fsp3) is 0.105. The maximum atomic E-state index is 13.4. The van der Waals surface area contributed by atoms with Crippen LogP contribution in [0.2, 0.25) is 0 Å². The van der Waals surface area contributed by atoms with Crippen molar-refractivity contribution in [3.8, 4) is 16.9 Å². The molecule has 0 fully saturated rings. The Bertz CT molecular complexity index is 1890. The van der Waals surface area contributed by atoms with Crippen LogP contribution < -0.4 is 15.4 Å². The lowest BCUT2D eigenvalue weighted by atomic mass is 9.99. The van der Waals surface area contributed by atoms with Crippen LogP contribution in [0.25, 0.3) is 22.0 Å². The molecule has 0 aliphatic carbocycles. The molecule has 222 valence electrons. The molecule has 6 rings (SSSR count). The third-order valence-electron chi connectivity index (χ3n) is 7.41. The molecule has 45 heavy (non-hydrogen) atoms. The Morgan fingerprint density at radius 2 is 1.56 bits per heavy atom. The molecule has 0 saturated carbocycles. The summed E-state index contributed by atoms with van der Waals surface area (Å²) in [6, 6.07) is 37.5. The van der Waals surface area contributed by atoms with Gasteiger partial charge in [0.15, 0.2) is 0 Å². The molecule has 0 aliphatic heterocycles. The van der Waals surface area contributed by atoms with Crippen molar-refractivity contribution in [3.05, 3.63) is 156 Å². The minimum atomic E-state index is -0.414. The van der Waals surface area contributed by atoms with E-state index < -0.39 is 6.04 Å². The van der Waals surface area contributed by atoms with Crippen molar-refractivity contribution in [3.63, 3.8) is 0 Å². The van der Waals surface area contributed by atoms with Crippen LogP contribution in [0.15, 0.2) is 134 Å². The van der Waals surface area contributed by atoms with Crippen molar-refractivity contribution < 1.29 is 14.3 Å². The van der Waals surface area contributed by atoms with Crippen LogP contribution in [-0.2, 0) is 0 Å². The van der Waals surface area contributed by atoms with E-state index in [0.717, 1.165) is 39.9 Å². The van der Waals surface area contributed by atoms with E-state index in [1.807, 2.05) is 109 Å². The molecule has 0 bridgehead atoms. The second-order valence-electron chi connectivity index (χ2n) is 10.6. The Kier molecular flexibility index (Phi) is 8.88. The predicted octanol–water partition coefficient (Wildman–Crippen LogP) is 7.86. The van der Waals surface area contributed by atoms with Gasteiger partial charge < -0.3 is 15.4 Å². The molecular weight excluding hydrogens is 560 g/mol. The minimum absolute atomic E-state index is 0.228. The van der Waals surface area contributed by atoms with Gasteiger partial charge in [-0.05, 0) is 71.6 Å². The number of carbonyl (C=O) groups excluding carboxylic acids is 2. The normalized spacial score (nSPS) is 11.5.